The lowest BCUT2D eigenvalue weighted by atomic mass is 9.95. The summed E-state index contributed by atoms with van der Waals surface area (Å²) in [6.45, 7) is 1.52. The first-order valence-corrected chi connectivity index (χ1v) is 8.21. The fourth-order valence-electron chi connectivity index (χ4n) is 3.18. The average Bonchev–Trinajstić information content (AvgIpc) is 3.12. The first kappa shape index (κ1) is 16.8. The molecule has 1 aromatic carbocycles. The minimum atomic E-state index is -0.797. The Morgan fingerprint density at radius 2 is 1.79 bits per heavy atom. The summed E-state index contributed by atoms with van der Waals surface area (Å²) in [4.78, 5) is 26.2. The van der Waals surface area contributed by atoms with Gasteiger partial charge in [0.2, 0.25) is 5.91 Å². The van der Waals surface area contributed by atoms with Crippen molar-refractivity contribution in [2.24, 2.45) is 5.92 Å². The van der Waals surface area contributed by atoms with Gasteiger partial charge in [-0.2, -0.15) is 0 Å². The number of amides is 2. The number of nitrogens with zero attached hydrogens (tertiary/aromatic N) is 1. The molecule has 0 radical (unpaired) electrons. The topological polar surface area (TPSA) is 58.6 Å². The molecule has 7 heteroatoms. The number of anilines is 1. The van der Waals surface area contributed by atoms with E-state index in [1.807, 2.05) is 0 Å². The molecule has 0 bridgehead atoms. The first-order valence-electron chi connectivity index (χ1n) is 8.21. The summed E-state index contributed by atoms with van der Waals surface area (Å²) in [5.41, 5.74) is -0.416. The highest BCUT2D eigenvalue weighted by Gasteiger charge is 2.33. The predicted octanol–water partition coefficient (Wildman–Crippen LogP) is 2.32. The lowest BCUT2D eigenvalue weighted by Crippen LogP contribution is -2.45. The minimum absolute atomic E-state index is 0.0218. The number of carbonyl (C=O) groups excluding carboxylic acids is 2. The van der Waals surface area contributed by atoms with Crippen molar-refractivity contribution in [1.82, 2.24) is 4.90 Å². The number of hydrogen-bond acceptors (Lipinski definition) is 3. The molecule has 5 nitrogen and oxygen atoms in total. The molecule has 2 amide bonds. The van der Waals surface area contributed by atoms with Crippen molar-refractivity contribution < 1.29 is 23.1 Å². The molecule has 2 aliphatic rings. The summed E-state index contributed by atoms with van der Waals surface area (Å²) < 4.78 is 32.6. The molecule has 2 fully saturated rings. The van der Waals surface area contributed by atoms with Gasteiger partial charge in [0.1, 0.15) is 23.4 Å². The van der Waals surface area contributed by atoms with Crippen molar-refractivity contribution >= 4 is 17.5 Å². The van der Waals surface area contributed by atoms with Crippen molar-refractivity contribution in [3.8, 4) is 0 Å². The summed E-state index contributed by atoms with van der Waals surface area (Å²) in [5, 5.41) is 2.33. The summed E-state index contributed by atoms with van der Waals surface area (Å²) in [6.07, 6.45) is 2.22. The number of likely N-dealkylation sites (tertiary alicyclic amines) is 1. The molecule has 0 spiro atoms. The van der Waals surface area contributed by atoms with E-state index >= 15 is 0 Å². The number of hydrogen-bond donors (Lipinski definition) is 1. The van der Waals surface area contributed by atoms with Gasteiger partial charge in [-0.25, -0.2) is 8.78 Å². The van der Waals surface area contributed by atoms with Crippen LogP contribution in [0.15, 0.2) is 18.2 Å². The van der Waals surface area contributed by atoms with Crippen LogP contribution in [-0.4, -0.2) is 42.5 Å². The number of benzene rings is 1. The number of carbonyl (C=O) groups is 2. The molecule has 2 saturated heterocycles. The van der Waals surface area contributed by atoms with Crippen molar-refractivity contribution in [2.45, 2.75) is 31.8 Å². The zero-order chi connectivity index (χ0) is 17.1. The van der Waals surface area contributed by atoms with E-state index in [2.05, 4.69) is 5.32 Å². The van der Waals surface area contributed by atoms with E-state index in [4.69, 9.17) is 4.74 Å². The number of rotatable bonds is 3. The van der Waals surface area contributed by atoms with E-state index in [0.29, 0.717) is 32.5 Å². The monoisotopic (exact) mass is 338 g/mol. The van der Waals surface area contributed by atoms with E-state index in [0.717, 1.165) is 25.0 Å². The highest BCUT2D eigenvalue weighted by Crippen LogP contribution is 2.24. The molecule has 2 aliphatic heterocycles. The van der Waals surface area contributed by atoms with Crippen LogP contribution in [0.4, 0.5) is 14.5 Å². The number of halogens is 2. The van der Waals surface area contributed by atoms with Gasteiger partial charge in [-0.1, -0.05) is 6.07 Å². The number of ether oxygens (including phenoxy) is 1. The van der Waals surface area contributed by atoms with Crippen LogP contribution >= 0.6 is 0 Å². The number of para-hydroxylation sites is 1. The Morgan fingerprint density at radius 1 is 1.12 bits per heavy atom. The zero-order valence-electron chi connectivity index (χ0n) is 13.3. The van der Waals surface area contributed by atoms with E-state index in [1.165, 1.54) is 6.07 Å². The Bertz CT molecular complexity index is 604. The van der Waals surface area contributed by atoms with Gasteiger partial charge >= 0.3 is 0 Å². The van der Waals surface area contributed by atoms with E-state index in [1.54, 1.807) is 4.90 Å². The first-order chi connectivity index (χ1) is 11.6. The highest BCUT2D eigenvalue weighted by atomic mass is 19.1. The second kappa shape index (κ2) is 7.25. The van der Waals surface area contributed by atoms with Crippen LogP contribution in [-0.2, 0) is 14.3 Å². The summed E-state index contributed by atoms with van der Waals surface area (Å²) in [7, 11) is 0. The Kier molecular flexibility index (Phi) is 5.08. The normalized spacial score (nSPS) is 21.8. The quantitative estimate of drug-likeness (QED) is 0.920. The van der Waals surface area contributed by atoms with Gasteiger partial charge in [-0.15, -0.1) is 0 Å². The summed E-state index contributed by atoms with van der Waals surface area (Å²) in [5.74, 6) is -2.39. The molecule has 0 aliphatic carbocycles. The number of piperidine rings is 1. The van der Waals surface area contributed by atoms with Crippen LogP contribution in [0.5, 0.6) is 0 Å². The van der Waals surface area contributed by atoms with Crippen LogP contribution in [0.3, 0.4) is 0 Å². The molecule has 0 aromatic heterocycles. The third-order valence-electron chi connectivity index (χ3n) is 4.59. The molecule has 1 aromatic rings. The van der Waals surface area contributed by atoms with Gasteiger partial charge in [0.05, 0.1) is 0 Å². The fraction of sp³-hybridized carbons (Fsp3) is 0.529. The van der Waals surface area contributed by atoms with Crippen molar-refractivity contribution in [3.05, 3.63) is 29.8 Å². The summed E-state index contributed by atoms with van der Waals surface area (Å²) in [6, 6.07) is 3.44. The minimum Gasteiger partial charge on any atom is -0.368 e. The lowest BCUT2D eigenvalue weighted by molar-refractivity contribution is -0.143. The largest absolute Gasteiger partial charge is 0.368 e. The van der Waals surface area contributed by atoms with Crippen LogP contribution in [0, 0.1) is 17.6 Å². The standard InChI is InChI=1S/C17H20F2N2O3/c18-12-3-1-4-13(19)15(12)20-16(22)11-6-8-21(9-7-11)17(23)14-5-2-10-24-14/h1,3-4,11,14H,2,5-10H2,(H,20,22). The molecule has 3 rings (SSSR count). The van der Waals surface area contributed by atoms with Crippen LogP contribution in [0.25, 0.3) is 0 Å². The Morgan fingerprint density at radius 3 is 2.38 bits per heavy atom. The molecule has 130 valence electrons. The molecular weight excluding hydrogens is 318 g/mol. The summed E-state index contributed by atoms with van der Waals surface area (Å²) >= 11 is 0. The predicted molar refractivity (Wildman–Crippen MR) is 83.3 cm³/mol. The van der Waals surface area contributed by atoms with Crippen LogP contribution < -0.4 is 5.32 Å². The van der Waals surface area contributed by atoms with Gasteiger partial charge in [-0.05, 0) is 37.8 Å². The fourth-order valence-corrected chi connectivity index (χ4v) is 3.18. The molecular formula is C17H20F2N2O3. The molecule has 1 N–H and O–H groups in total. The third-order valence-corrected chi connectivity index (χ3v) is 4.59. The maximum atomic E-state index is 13.6. The molecule has 2 heterocycles. The third kappa shape index (κ3) is 3.56. The van der Waals surface area contributed by atoms with Gasteiger partial charge in [0, 0.05) is 25.6 Å². The van der Waals surface area contributed by atoms with Crippen molar-refractivity contribution in [1.29, 1.82) is 0 Å². The van der Waals surface area contributed by atoms with Gasteiger partial charge in [0.15, 0.2) is 0 Å². The van der Waals surface area contributed by atoms with Crippen LogP contribution in [0.2, 0.25) is 0 Å². The highest BCUT2D eigenvalue weighted by molar-refractivity contribution is 5.93. The van der Waals surface area contributed by atoms with E-state index < -0.39 is 23.2 Å². The SMILES string of the molecule is O=C(Nc1c(F)cccc1F)C1CCN(C(=O)C2CCCO2)CC1. The second-order valence-corrected chi connectivity index (χ2v) is 6.19. The van der Waals surface area contributed by atoms with Crippen molar-refractivity contribution in [3.63, 3.8) is 0 Å². The lowest BCUT2D eigenvalue weighted by Gasteiger charge is -2.32. The molecule has 1 atom stereocenters. The molecule has 0 saturated carbocycles. The Balaban J connectivity index is 1.54. The molecule has 24 heavy (non-hydrogen) atoms. The van der Waals surface area contributed by atoms with Gasteiger partial charge in [-0.3, -0.25) is 9.59 Å². The second-order valence-electron chi connectivity index (χ2n) is 6.19. The maximum Gasteiger partial charge on any atom is 0.251 e. The van der Waals surface area contributed by atoms with Gasteiger partial charge < -0.3 is 15.0 Å². The van der Waals surface area contributed by atoms with Crippen LogP contribution in [0.1, 0.15) is 25.7 Å². The smallest absolute Gasteiger partial charge is 0.251 e. The average molecular weight is 338 g/mol. The zero-order valence-corrected chi connectivity index (χ0v) is 13.3. The Hall–Kier alpha value is -2.02. The van der Waals surface area contributed by atoms with E-state index in [9.17, 15) is 18.4 Å². The molecule has 1 unspecified atom stereocenters. The van der Waals surface area contributed by atoms with Crippen molar-refractivity contribution in [2.75, 3.05) is 25.0 Å². The van der Waals surface area contributed by atoms with Gasteiger partial charge in [0.25, 0.3) is 5.91 Å². The van der Waals surface area contributed by atoms with E-state index in [-0.39, 0.29) is 17.9 Å². The Labute approximate surface area is 139 Å². The number of nitrogens with one attached hydrogen (secondary N) is 1. The maximum absolute atomic E-state index is 13.6.